The van der Waals surface area contributed by atoms with Gasteiger partial charge in [-0.25, -0.2) is 9.59 Å². The largest absolute Gasteiger partial charge is 0.351 e. The highest BCUT2D eigenvalue weighted by Crippen LogP contribution is 2.08. The summed E-state index contributed by atoms with van der Waals surface area (Å²) in [7, 11) is 0. The topological polar surface area (TPSA) is 96.2 Å². The van der Waals surface area contributed by atoms with Gasteiger partial charge in [-0.3, -0.25) is 0 Å². The Balaban J connectivity index is 0.000000209. The van der Waals surface area contributed by atoms with Crippen LogP contribution in [0.3, 0.4) is 0 Å². The lowest BCUT2D eigenvalue weighted by Gasteiger charge is -2.06. The van der Waals surface area contributed by atoms with Gasteiger partial charge in [0, 0.05) is 17.1 Å². The molecule has 3 aromatic carbocycles. The number of hydrogen-bond donors (Lipinski definition) is 4. The summed E-state index contributed by atoms with van der Waals surface area (Å²) in [4.78, 5) is 21.8. The SMILES string of the molecule is NC(=O)Nc1ccccc1.O=C(Nc1ccccc1)Nc1ccccc1. The Morgan fingerprint density at radius 2 is 0.846 bits per heavy atom. The lowest BCUT2D eigenvalue weighted by Crippen LogP contribution is -2.19. The molecule has 132 valence electrons. The molecule has 0 aromatic heterocycles. The number of anilines is 3. The third-order valence-electron chi connectivity index (χ3n) is 3.10. The number of carbonyl (C=O) groups is 2. The van der Waals surface area contributed by atoms with E-state index in [2.05, 4.69) is 16.0 Å². The first-order valence-corrected chi connectivity index (χ1v) is 7.93. The van der Waals surface area contributed by atoms with Crippen LogP contribution in [0.4, 0.5) is 26.7 Å². The molecular weight excluding hydrogens is 328 g/mol. The lowest BCUT2D eigenvalue weighted by molar-refractivity contribution is 0.259. The van der Waals surface area contributed by atoms with Crippen LogP contribution < -0.4 is 21.7 Å². The van der Waals surface area contributed by atoms with Crippen LogP contribution in [0, 0.1) is 0 Å². The Morgan fingerprint density at radius 1 is 0.538 bits per heavy atom. The molecule has 0 heterocycles. The number of primary amides is 1. The zero-order valence-electron chi connectivity index (χ0n) is 14.1. The zero-order chi connectivity index (χ0) is 18.6. The van der Waals surface area contributed by atoms with E-state index in [1.165, 1.54) is 0 Å². The fourth-order valence-electron chi connectivity index (χ4n) is 2.00. The maximum Gasteiger partial charge on any atom is 0.323 e. The zero-order valence-corrected chi connectivity index (χ0v) is 14.1. The van der Waals surface area contributed by atoms with Gasteiger partial charge in [-0.05, 0) is 36.4 Å². The second-order valence-corrected chi connectivity index (χ2v) is 5.17. The average Bonchev–Trinajstić information content (AvgIpc) is 2.64. The van der Waals surface area contributed by atoms with Crippen LogP contribution >= 0.6 is 0 Å². The summed E-state index contributed by atoms with van der Waals surface area (Å²) in [5.74, 6) is 0. The second kappa shape index (κ2) is 10.1. The number of carbonyl (C=O) groups excluding carboxylic acids is 2. The Kier molecular flexibility index (Phi) is 7.23. The van der Waals surface area contributed by atoms with Crippen LogP contribution in [0.1, 0.15) is 0 Å². The van der Waals surface area contributed by atoms with E-state index in [0.29, 0.717) is 0 Å². The van der Waals surface area contributed by atoms with Crippen LogP contribution in [0.25, 0.3) is 0 Å². The summed E-state index contributed by atoms with van der Waals surface area (Å²) < 4.78 is 0. The number of nitrogens with two attached hydrogens (primary N) is 1. The molecule has 0 aliphatic heterocycles. The van der Waals surface area contributed by atoms with Crippen LogP contribution in [-0.2, 0) is 0 Å². The third-order valence-corrected chi connectivity index (χ3v) is 3.10. The number of nitrogens with one attached hydrogen (secondary N) is 3. The van der Waals surface area contributed by atoms with Crippen LogP contribution in [0.2, 0.25) is 0 Å². The predicted octanol–water partition coefficient (Wildman–Crippen LogP) is 4.51. The standard InChI is InChI=1S/C13H12N2O.C7H8N2O/c16-13(14-11-7-3-1-4-8-11)15-12-9-5-2-6-10-12;8-7(10)9-6-4-2-1-3-5-6/h1-10H,(H2,14,15,16);1-5H,(H3,8,9,10). The molecule has 0 saturated heterocycles. The molecule has 0 spiro atoms. The van der Waals surface area contributed by atoms with Crippen molar-refractivity contribution in [3.05, 3.63) is 91.0 Å². The number of benzene rings is 3. The maximum atomic E-state index is 11.6. The lowest BCUT2D eigenvalue weighted by atomic mass is 10.3. The van der Waals surface area contributed by atoms with Crippen molar-refractivity contribution in [3.8, 4) is 0 Å². The number of amides is 4. The molecule has 5 N–H and O–H groups in total. The van der Waals surface area contributed by atoms with E-state index < -0.39 is 6.03 Å². The van der Waals surface area contributed by atoms with Crippen molar-refractivity contribution in [2.24, 2.45) is 5.73 Å². The van der Waals surface area contributed by atoms with Gasteiger partial charge in [-0.15, -0.1) is 0 Å². The van der Waals surface area contributed by atoms with Gasteiger partial charge in [0.25, 0.3) is 0 Å². The van der Waals surface area contributed by atoms with E-state index in [0.717, 1.165) is 17.1 Å². The predicted molar refractivity (Wildman–Crippen MR) is 105 cm³/mol. The molecule has 26 heavy (non-hydrogen) atoms. The first kappa shape index (κ1) is 18.5. The molecule has 0 atom stereocenters. The highest BCUT2D eigenvalue weighted by atomic mass is 16.2. The Labute approximate surface area is 152 Å². The molecule has 0 saturated carbocycles. The van der Waals surface area contributed by atoms with E-state index in [1.807, 2.05) is 78.9 Å². The minimum Gasteiger partial charge on any atom is -0.351 e. The molecule has 0 bridgehead atoms. The Morgan fingerprint density at radius 3 is 1.15 bits per heavy atom. The normalized spacial score (nSPS) is 9.23. The van der Waals surface area contributed by atoms with Gasteiger partial charge in [-0.1, -0.05) is 54.6 Å². The summed E-state index contributed by atoms with van der Waals surface area (Å²) >= 11 is 0. The van der Waals surface area contributed by atoms with Gasteiger partial charge in [0.2, 0.25) is 0 Å². The van der Waals surface area contributed by atoms with Crippen molar-refractivity contribution in [2.75, 3.05) is 16.0 Å². The fraction of sp³-hybridized carbons (Fsp3) is 0. The van der Waals surface area contributed by atoms with E-state index in [1.54, 1.807) is 12.1 Å². The van der Waals surface area contributed by atoms with E-state index >= 15 is 0 Å². The first-order chi connectivity index (χ1) is 12.6. The van der Waals surface area contributed by atoms with Crippen LogP contribution in [0.15, 0.2) is 91.0 Å². The van der Waals surface area contributed by atoms with Gasteiger partial charge in [0.15, 0.2) is 0 Å². The molecule has 0 fully saturated rings. The summed E-state index contributed by atoms with van der Waals surface area (Å²) in [6, 6.07) is 26.9. The minimum atomic E-state index is -0.536. The molecule has 0 aliphatic rings. The van der Waals surface area contributed by atoms with Crippen molar-refractivity contribution in [2.45, 2.75) is 0 Å². The average molecular weight is 348 g/mol. The molecular formula is C20H20N4O2. The molecule has 0 aliphatic carbocycles. The van der Waals surface area contributed by atoms with E-state index in [9.17, 15) is 9.59 Å². The Bertz CT molecular complexity index is 765. The Hall–Kier alpha value is -3.80. The van der Waals surface area contributed by atoms with Crippen molar-refractivity contribution in [1.82, 2.24) is 0 Å². The van der Waals surface area contributed by atoms with Gasteiger partial charge >= 0.3 is 12.1 Å². The monoisotopic (exact) mass is 348 g/mol. The smallest absolute Gasteiger partial charge is 0.323 e. The summed E-state index contributed by atoms with van der Waals surface area (Å²) in [5.41, 5.74) is 7.14. The molecule has 6 nitrogen and oxygen atoms in total. The number of rotatable bonds is 3. The van der Waals surface area contributed by atoms with Crippen LogP contribution in [-0.4, -0.2) is 12.1 Å². The van der Waals surface area contributed by atoms with Crippen molar-refractivity contribution >= 4 is 29.1 Å². The van der Waals surface area contributed by atoms with Gasteiger partial charge in [-0.2, -0.15) is 0 Å². The molecule has 0 radical (unpaired) electrons. The quantitative estimate of drug-likeness (QED) is 0.560. The summed E-state index contributed by atoms with van der Waals surface area (Å²) in [6.07, 6.45) is 0. The first-order valence-electron chi connectivity index (χ1n) is 7.93. The molecule has 3 aromatic rings. The maximum absolute atomic E-state index is 11.6. The van der Waals surface area contributed by atoms with Crippen molar-refractivity contribution < 1.29 is 9.59 Å². The number of hydrogen-bond acceptors (Lipinski definition) is 2. The van der Waals surface area contributed by atoms with E-state index in [4.69, 9.17) is 5.73 Å². The summed E-state index contributed by atoms with van der Waals surface area (Å²) in [6.45, 7) is 0. The minimum absolute atomic E-state index is 0.239. The third kappa shape index (κ3) is 7.18. The van der Waals surface area contributed by atoms with Gasteiger partial charge < -0.3 is 21.7 Å². The summed E-state index contributed by atoms with van der Waals surface area (Å²) in [5, 5.41) is 7.92. The fourth-order valence-corrected chi connectivity index (χ4v) is 2.00. The second-order valence-electron chi connectivity index (χ2n) is 5.17. The number of urea groups is 2. The molecule has 3 rings (SSSR count). The van der Waals surface area contributed by atoms with E-state index in [-0.39, 0.29) is 6.03 Å². The molecule has 0 unspecified atom stereocenters. The molecule has 6 heteroatoms. The van der Waals surface area contributed by atoms with Crippen molar-refractivity contribution in [1.29, 1.82) is 0 Å². The highest BCUT2D eigenvalue weighted by Gasteiger charge is 2.00. The highest BCUT2D eigenvalue weighted by molar-refractivity contribution is 5.99. The van der Waals surface area contributed by atoms with Gasteiger partial charge in [0.05, 0.1) is 0 Å². The van der Waals surface area contributed by atoms with Crippen LogP contribution in [0.5, 0.6) is 0 Å². The molecule has 4 amide bonds. The van der Waals surface area contributed by atoms with Crippen molar-refractivity contribution in [3.63, 3.8) is 0 Å². The van der Waals surface area contributed by atoms with Gasteiger partial charge in [0.1, 0.15) is 0 Å². The number of para-hydroxylation sites is 3.